The molecule has 2 aromatic rings. The number of methoxy groups -OCH3 is 2. The predicted molar refractivity (Wildman–Crippen MR) is 102 cm³/mol. The third kappa shape index (κ3) is 4.94. The van der Waals surface area contributed by atoms with E-state index in [1.54, 1.807) is 20.3 Å². The molecule has 0 saturated carbocycles. The maximum atomic E-state index is 11.9. The molecule has 4 N–H and O–H groups in total. The third-order valence-corrected chi connectivity index (χ3v) is 4.89. The van der Waals surface area contributed by atoms with E-state index in [1.165, 1.54) is 18.7 Å². The molecule has 0 unspecified atom stereocenters. The maximum Gasteiger partial charge on any atom is 0.287 e. The van der Waals surface area contributed by atoms with Crippen molar-refractivity contribution in [2.45, 2.75) is 43.3 Å². The monoisotopic (exact) mass is 393 g/mol. The first-order valence-corrected chi connectivity index (χ1v) is 9.35. The SMILES string of the molecule is CCCC[n+]1c(Sc2cc(OC)ccc2OC)[nH]c(C(N)=O)c1NC(C)=O. The van der Waals surface area contributed by atoms with Crippen molar-refractivity contribution in [1.29, 1.82) is 0 Å². The van der Waals surface area contributed by atoms with Crippen LogP contribution >= 0.6 is 11.8 Å². The maximum absolute atomic E-state index is 11.9. The van der Waals surface area contributed by atoms with E-state index < -0.39 is 5.91 Å². The number of unbranched alkanes of at least 4 members (excludes halogenated alkanes) is 1. The van der Waals surface area contributed by atoms with Crippen LogP contribution in [0.4, 0.5) is 5.82 Å². The van der Waals surface area contributed by atoms with E-state index in [2.05, 4.69) is 17.2 Å². The molecule has 2 rings (SSSR count). The highest BCUT2D eigenvalue weighted by molar-refractivity contribution is 7.99. The van der Waals surface area contributed by atoms with Crippen molar-refractivity contribution in [3.8, 4) is 11.5 Å². The topological polar surface area (TPSA) is 110 Å². The Labute approximate surface area is 162 Å². The number of imidazole rings is 1. The second-order valence-electron chi connectivity index (χ2n) is 5.82. The number of hydrogen-bond donors (Lipinski definition) is 3. The summed E-state index contributed by atoms with van der Waals surface area (Å²) in [4.78, 5) is 27.4. The molecule has 0 bridgehead atoms. The summed E-state index contributed by atoms with van der Waals surface area (Å²) in [5.41, 5.74) is 5.67. The third-order valence-electron chi connectivity index (χ3n) is 3.84. The summed E-state index contributed by atoms with van der Waals surface area (Å²) < 4.78 is 12.6. The van der Waals surface area contributed by atoms with Crippen LogP contribution in [0.2, 0.25) is 0 Å². The van der Waals surface area contributed by atoms with Crippen LogP contribution in [0, 0.1) is 0 Å². The number of H-pyrrole nitrogens is 1. The number of ether oxygens (including phenoxy) is 2. The fourth-order valence-electron chi connectivity index (χ4n) is 2.52. The van der Waals surface area contributed by atoms with Crippen molar-refractivity contribution in [3.63, 3.8) is 0 Å². The lowest BCUT2D eigenvalue weighted by atomic mass is 10.3. The molecule has 146 valence electrons. The molecule has 1 heterocycles. The van der Waals surface area contributed by atoms with Crippen molar-refractivity contribution < 1.29 is 23.6 Å². The number of aromatic amines is 1. The second-order valence-corrected chi connectivity index (χ2v) is 6.85. The van der Waals surface area contributed by atoms with Gasteiger partial charge in [-0.2, -0.15) is 0 Å². The first-order chi connectivity index (χ1) is 12.9. The minimum Gasteiger partial charge on any atom is -0.497 e. The minimum atomic E-state index is -0.645. The number of primary amides is 1. The molecule has 0 saturated heterocycles. The Morgan fingerprint density at radius 2 is 2.04 bits per heavy atom. The summed E-state index contributed by atoms with van der Waals surface area (Å²) >= 11 is 1.37. The number of aromatic nitrogens is 2. The van der Waals surface area contributed by atoms with Gasteiger partial charge in [-0.1, -0.05) is 13.3 Å². The van der Waals surface area contributed by atoms with Crippen LogP contribution in [-0.4, -0.2) is 31.0 Å². The number of benzene rings is 1. The highest BCUT2D eigenvalue weighted by Gasteiger charge is 2.29. The Balaban J connectivity index is 2.55. The summed E-state index contributed by atoms with van der Waals surface area (Å²) in [5.74, 6) is 0.792. The fraction of sp³-hybridized carbons (Fsp3) is 0.389. The van der Waals surface area contributed by atoms with Gasteiger partial charge in [0.25, 0.3) is 22.8 Å². The van der Waals surface area contributed by atoms with Gasteiger partial charge in [-0.05, 0) is 36.4 Å². The van der Waals surface area contributed by atoms with E-state index >= 15 is 0 Å². The lowest BCUT2D eigenvalue weighted by molar-refractivity contribution is -0.719. The number of amides is 2. The number of anilines is 1. The van der Waals surface area contributed by atoms with Gasteiger partial charge in [0.15, 0.2) is 0 Å². The van der Waals surface area contributed by atoms with Crippen LogP contribution in [0.3, 0.4) is 0 Å². The zero-order valence-corrected chi connectivity index (χ0v) is 16.7. The molecule has 0 spiro atoms. The standard InChI is InChI=1S/C18H24N4O4S/c1-5-6-9-22-17(20-11(2)23)15(16(19)24)21-18(22)27-14-10-12(25-3)7-8-13(14)26-4/h7-8,10H,5-6,9H2,1-4H3,(H3,19,20,23,24)/p+1. The van der Waals surface area contributed by atoms with Gasteiger partial charge in [0.1, 0.15) is 11.5 Å². The Kier molecular flexibility index (Phi) is 7.12. The molecule has 0 radical (unpaired) electrons. The van der Waals surface area contributed by atoms with E-state index in [1.807, 2.05) is 16.7 Å². The molecular weight excluding hydrogens is 368 g/mol. The van der Waals surface area contributed by atoms with Crippen molar-refractivity contribution in [1.82, 2.24) is 4.98 Å². The molecule has 9 heteroatoms. The van der Waals surface area contributed by atoms with E-state index in [-0.39, 0.29) is 11.6 Å². The van der Waals surface area contributed by atoms with Gasteiger partial charge in [-0.15, -0.1) is 0 Å². The fourth-order valence-corrected chi connectivity index (χ4v) is 3.60. The molecule has 8 nitrogen and oxygen atoms in total. The van der Waals surface area contributed by atoms with E-state index in [4.69, 9.17) is 15.2 Å². The predicted octanol–water partition coefficient (Wildman–Crippen LogP) is 2.33. The first-order valence-electron chi connectivity index (χ1n) is 8.54. The summed E-state index contributed by atoms with van der Waals surface area (Å²) in [7, 11) is 3.18. The summed E-state index contributed by atoms with van der Waals surface area (Å²) in [6.07, 6.45) is 1.83. The molecule has 27 heavy (non-hydrogen) atoms. The number of hydrogen-bond acceptors (Lipinski definition) is 5. The zero-order valence-electron chi connectivity index (χ0n) is 15.9. The lowest BCUT2D eigenvalue weighted by Gasteiger charge is -2.10. The van der Waals surface area contributed by atoms with Crippen LogP contribution in [0.5, 0.6) is 11.5 Å². The zero-order chi connectivity index (χ0) is 20.0. The van der Waals surface area contributed by atoms with Crippen LogP contribution in [0.15, 0.2) is 28.3 Å². The van der Waals surface area contributed by atoms with Crippen LogP contribution in [0.25, 0.3) is 0 Å². The molecule has 2 amide bonds. The number of carbonyl (C=O) groups is 2. The van der Waals surface area contributed by atoms with E-state index in [0.717, 1.165) is 17.7 Å². The van der Waals surface area contributed by atoms with Crippen LogP contribution in [-0.2, 0) is 11.3 Å². The largest absolute Gasteiger partial charge is 0.497 e. The summed E-state index contributed by atoms with van der Waals surface area (Å²) in [5, 5.41) is 3.37. The lowest BCUT2D eigenvalue weighted by Crippen LogP contribution is -2.39. The molecule has 1 aromatic heterocycles. The highest BCUT2D eigenvalue weighted by atomic mass is 32.2. The Bertz CT molecular complexity index is 835. The Hall–Kier alpha value is -2.68. The molecule has 0 aliphatic heterocycles. The number of nitrogens with one attached hydrogen (secondary N) is 2. The van der Waals surface area contributed by atoms with E-state index in [0.29, 0.717) is 29.0 Å². The van der Waals surface area contributed by atoms with Gasteiger partial charge in [0.2, 0.25) is 5.69 Å². The smallest absolute Gasteiger partial charge is 0.287 e. The quantitative estimate of drug-likeness (QED) is 0.566. The summed E-state index contributed by atoms with van der Waals surface area (Å²) in [6.45, 7) is 4.07. The van der Waals surface area contributed by atoms with Crippen LogP contribution < -0.4 is 25.1 Å². The Morgan fingerprint density at radius 3 is 2.59 bits per heavy atom. The molecule has 1 aromatic carbocycles. The number of carbonyl (C=O) groups excluding carboxylic acids is 2. The first kappa shape index (κ1) is 20.6. The van der Waals surface area contributed by atoms with Crippen molar-refractivity contribution in [2.24, 2.45) is 5.73 Å². The van der Waals surface area contributed by atoms with Gasteiger partial charge < -0.3 is 15.2 Å². The van der Waals surface area contributed by atoms with Crippen molar-refractivity contribution in [2.75, 3.05) is 19.5 Å². The van der Waals surface area contributed by atoms with Crippen molar-refractivity contribution >= 4 is 29.4 Å². The van der Waals surface area contributed by atoms with Gasteiger partial charge >= 0.3 is 0 Å². The normalized spacial score (nSPS) is 10.5. The molecule has 0 aliphatic rings. The molecular formula is C18H25N4O4S+. The number of nitrogens with two attached hydrogens (primary N) is 1. The van der Waals surface area contributed by atoms with E-state index in [9.17, 15) is 9.59 Å². The van der Waals surface area contributed by atoms with Crippen LogP contribution in [0.1, 0.15) is 37.2 Å². The summed E-state index contributed by atoms with van der Waals surface area (Å²) in [6, 6.07) is 5.46. The average Bonchev–Trinajstić information content (AvgIpc) is 2.96. The average molecular weight is 393 g/mol. The van der Waals surface area contributed by atoms with Gasteiger partial charge in [-0.3, -0.25) is 14.6 Å². The second kappa shape index (κ2) is 9.31. The van der Waals surface area contributed by atoms with Gasteiger partial charge in [0.05, 0.1) is 25.7 Å². The number of nitrogens with zero attached hydrogens (tertiary/aromatic N) is 1. The molecule has 0 fully saturated rings. The van der Waals surface area contributed by atoms with Gasteiger partial charge in [-0.25, -0.2) is 9.88 Å². The van der Waals surface area contributed by atoms with Crippen molar-refractivity contribution in [3.05, 3.63) is 23.9 Å². The molecule has 0 atom stereocenters. The number of rotatable bonds is 9. The minimum absolute atomic E-state index is 0.158. The Morgan fingerprint density at radius 1 is 1.30 bits per heavy atom. The molecule has 0 aliphatic carbocycles. The van der Waals surface area contributed by atoms with Gasteiger partial charge in [0, 0.05) is 6.92 Å². The highest BCUT2D eigenvalue weighted by Crippen LogP contribution is 2.36.